The first kappa shape index (κ1) is 11.7. The van der Waals surface area contributed by atoms with Gasteiger partial charge in [-0.3, -0.25) is 4.79 Å². The fourth-order valence-corrected chi connectivity index (χ4v) is 4.77. The van der Waals surface area contributed by atoms with E-state index in [1.807, 2.05) is 0 Å². The van der Waals surface area contributed by atoms with Crippen molar-refractivity contribution in [1.29, 1.82) is 0 Å². The largest absolute Gasteiger partial charge is 0.550 e. The summed E-state index contributed by atoms with van der Waals surface area (Å²) < 4.78 is -0.606. The minimum atomic E-state index is -1.12. The molecule has 4 nitrogen and oxygen atoms in total. The third kappa shape index (κ3) is 2.36. The summed E-state index contributed by atoms with van der Waals surface area (Å²) in [7, 11) is 0. The highest BCUT2D eigenvalue weighted by atomic mass is 32.2. The SMILES string of the molecule is CC(C(=O)[O-])C1(CC(N)=O)SCCS1. The van der Waals surface area contributed by atoms with Crippen molar-refractivity contribution in [3.63, 3.8) is 0 Å². The van der Waals surface area contributed by atoms with Crippen LogP contribution in [-0.2, 0) is 9.59 Å². The molecule has 6 heteroatoms. The monoisotopic (exact) mass is 234 g/mol. The predicted molar refractivity (Wildman–Crippen MR) is 55.6 cm³/mol. The molecule has 1 aliphatic heterocycles. The van der Waals surface area contributed by atoms with Crippen LogP contribution in [0.3, 0.4) is 0 Å². The third-order valence-corrected chi connectivity index (χ3v) is 5.97. The highest BCUT2D eigenvalue weighted by molar-refractivity contribution is 8.21. The zero-order chi connectivity index (χ0) is 10.8. The summed E-state index contributed by atoms with van der Waals surface area (Å²) in [6.07, 6.45) is 0.0947. The van der Waals surface area contributed by atoms with Crippen LogP contribution < -0.4 is 10.8 Å². The summed E-state index contributed by atoms with van der Waals surface area (Å²) >= 11 is 2.99. The molecule has 1 rings (SSSR count). The number of primary amides is 1. The molecular weight excluding hydrogens is 222 g/mol. The van der Waals surface area contributed by atoms with Crippen LogP contribution in [0.5, 0.6) is 0 Å². The van der Waals surface area contributed by atoms with Gasteiger partial charge in [0.05, 0.1) is 10.5 Å². The highest BCUT2D eigenvalue weighted by Crippen LogP contribution is 2.51. The van der Waals surface area contributed by atoms with Crippen LogP contribution in [0, 0.1) is 5.92 Å². The van der Waals surface area contributed by atoms with E-state index < -0.39 is 21.9 Å². The first-order chi connectivity index (χ1) is 6.48. The van der Waals surface area contributed by atoms with Crippen molar-refractivity contribution < 1.29 is 14.7 Å². The van der Waals surface area contributed by atoms with E-state index in [2.05, 4.69) is 0 Å². The van der Waals surface area contributed by atoms with Crippen LogP contribution >= 0.6 is 23.5 Å². The van der Waals surface area contributed by atoms with E-state index >= 15 is 0 Å². The van der Waals surface area contributed by atoms with Crippen molar-refractivity contribution in [3.05, 3.63) is 0 Å². The fourth-order valence-electron chi connectivity index (χ4n) is 1.40. The van der Waals surface area contributed by atoms with Crippen molar-refractivity contribution in [2.75, 3.05) is 11.5 Å². The average Bonchev–Trinajstić information content (AvgIpc) is 2.51. The summed E-state index contributed by atoms with van der Waals surface area (Å²) in [4.78, 5) is 21.7. The summed E-state index contributed by atoms with van der Waals surface area (Å²) in [5.41, 5.74) is 5.12. The van der Waals surface area contributed by atoms with E-state index in [-0.39, 0.29) is 6.42 Å². The molecule has 0 saturated carbocycles. The van der Waals surface area contributed by atoms with Gasteiger partial charge in [-0.1, -0.05) is 6.92 Å². The topological polar surface area (TPSA) is 83.2 Å². The van der Waals surface area contributed by atoms with E-state index in [0.29, 0.717) is 0 Å². The van der Waals surface area contributed by atoms with Crippen LogP contribution in [0.4, 0.5) is 0 Å². The summed E-state index contributed by atoms with van der Waals surface area (Å²) in [6.45, 7) is 1.57. The molecule has 1 aliphatic rings. The lowest BCUT2D eigenvalue weighted by molar-refractivity contribution is -0.311. The van der Waals surface area contributed by atoms with Crippen molar-refractivity contribution >= 4 is 35.4 Å². The minimum Gasteiger partial charge on any atom is -0.550 e. The Morgan fingerprint density at radius 1 is 1.50 bits per heavy atom. The smallest absolute Gasteiger partial charge is 0.219 e. The quantitative estimate of drug-likeness (QED) is 0.704. The molecule has 1 amide bonds. The molecule has 14 heavy (non-hydrogen) atoms. The van der Waals surface area contributed by atoms with Gasteiger partial charge < -0.3 is 15.6 Å². The van der Waals surface area contributed by atoms with E-state index in [0.717, 1.165) is 11.5 Å². The van der Waals surface area contributed by atoms with Crippen LogP contribution in [0.15, 0.2) is 0 Å². The number of nitrogens with two attached hydrogens (primary N) is 1. The maximum Gasteiger partial charge on any atom is 0.219 e. The molecule has 1 fully saturated rings. The summed E-state index contributed by atoms with van der Waals surface area (Å²) in [6, 6.07) is 0. The van der Waals surface area contributed by atoms with Gasteiger partial charge in [0, 0.05) is 23.4 Å². The second-order valence-electron chi connectivity index (χ2n) is 3.19. The molecule has 0 radical (unpaired) electrons. The van der Waals surface area contributed by atoms with Crippen LogP contribution in [0.2, 0.25) is 0 Å². The fraction of sp³-hybridized carbons (Fsp3) is 0.750. The van der Waals surface area contributed by atoms with Gasteiger partial charge in [-0.05, 0) is 0 Å². The number of carbonyl (C=O) groups is 2. The summed E-state index contributed by atoms with van der Waals surface area (Å²) in [5.74, 6) is -0.522. The van der Waals surface area contributed by atoms with Crippen molar-refractivity contribution in [3.8, 4) is 0 Å². The lowest BCUT2D eigenvalue weighted by Crippen LogP contribution is -2.43. The molecule has 1 unspecified atom stereocenters. The first-order valence-corrected chi connectivity index (χ1v) is 6.22. The molecule has 0 aliphatic carbocycles. The Labute approximate surface area is 91.0 Å². The Morgan fingerprint density at radius 3 is 2.36 bits per heavy atom. The van der Waals surface area contributed by atoms with Gasteiger partial charge in [-0.15, -0.1) is 23.5 Å². The van der Waals surface area contributed by atoms with Crippen molar-refractivity contribution in [1.82, 2.24) is 0 Å². The molecule has 80 valence electrons. The number of hydrogen-bond donors (Lipinski definition) is 1. The lowest BCUT2D eigenvalue weighted by Gasteiger charge is -2.33. The maximum atomic E-state index is 10.9. The number of thioether (sulfide) groups is 2. The van der Waals surface area contributed by atoms with E-state index in [9.17, 15) is 14.7 Å². The number of carboxylic acids is 1. The minimum absolute atomic E-state index is 0.0947. The van der Waals surface area contributed by atoms with Gasteiger partial charge in [-0.2, -0.15) is 0 Å². The van der Waals surface area contributed by atoms with Crippen molar-refractivity contribution in [2.24, 2.45) is 11.7 Å². The highest BCUT2D eigenvalue weighted by Gasteiger charge is 2.42. The Morgan fingerprint density at radius 2 is 2.00 bits per heavy atom. The summed E-state index contributed by atoms with van der Waals surface area (Å²) in [5, 5.41) is 10.8. The number of carboxylic acid groups (broad SMARTS) is 1. The predicted octanol–water partition coefficient (Wildman–Crippen LogP) is -0.576. The Hall–Kier alpha value is -0.360. The maximum absolute atomic E-state index is 10.9. The second-order valence-corrected chi connectivity index (χ2v) is 6.30. The molecule has 0 bridgehead atoms. The van der Waals surface area contributed by atoms with E-state index in [1.54, 1.807) is 6.92 Å². The lowest BCUT2D eigenvalue weighted by atomic mass is 10.0. The molecule has 1 heterocycles. The van der Waals surface area contributed by atoms with Gasteiger partial charge in [0.2, 0.25) is 5.91 Å². The number of amides is 1. The zero-order valence-electron chi connectivity index (χ0n) is 7.82. The molecule has 0 aromatic rings. The first-order valence-electron chi connectivity index (χ1n) is 4.25. The molecule has 0 spiro atoms. The standard InChI is InChI=1S/C8H13NO3S2/c1-5(7(11)12)8(4-6(9)10)13-2-3-14-8/h5H,2-4H2,1H3,(H2,9,10)(H,11,12)/p-1. The molecule has 0 aromatic carbocycles. The normalized spacial score (nSPS) is 21.8. The number of rotatable bonds is 4. The number of hydrogen-bond acceptors (Lipinski definition) is 5. The van der Waals surface area contributed by atoms with E-state index in [1.165, 1.54) is 23.5 Å². The molecule has 2 N–H and O–H groups in total. The number of carbonyl (C=O) groups excluding carboxylic acids is 2. The van der Waals surface area contributed by atoms with E-state index in [4.69, 9.17) is 5.73 Å². The molecule has 1 saturated heterocycles. The molecular formula is C8H12NO3S2-. The Balaban J connectivity index is 2.80. The third-order valence-electron chi connectivity index (χ3n) is 2.21. The average molecular weight is 234 g/mol. The van der Waals surface area contributed by atoms with Gasteiger partial charge >= 0.3 is 0 Å². The second kappa shape index (κ2) is 4.44. The van der Waals surface area contributed by atoms with Gasteiger partial charge in [0.15, 0.2) is 0 Å². The number of aliphatic carboxylic acids is 1. The molecule has 1 atom stereocenters. The van der Waals surface area contributed by atoms with Gasteiger partial charge in [0.25, 0.3) is 0 Å². The van der Waals surface area contributed by atoms with Crippen molar-refractivity contribution in [2.45, 2.75) is 17.4 Å². The molecule has 0 aromatic heterocycles. The zero-order valence-corrected chi connectivity index (χ0v) is 9.45. The van der Waals surface area contributed by atoms with Crippen LogP contribution in [0.1, 0.15) is 13.3 Å². The van der Waals surface area contributed by atoms with Gasteiger partial charge in [0.1, 0.15) is 0 Å². The van der Waals surface area contributed by atoms with Crippen LogP contribution in [-0.4, -0.2) is 27.5 Å². The van der Waals surface area contributed by atoms with Gasteiger partial charge in [-0.25, -0.2) is 0 Å². The Bertz CT molecular complexity index is 251. The Kier molecular flexibility index (Phi) is 3.71. The van der Waals surface area contributed by atoms with Crippen LogP contribution in [0.25, 0.3) is 0 Å².